The van der Waals surface area contributed by atoms with Crippen molar-refractivity contribution in [3.63, 3.8) is 0 Å². The molecule has 0 aliphatic carbocycles. The zero-order valence-corrected chi connectivity index (χ0v) is 12.2. The van der Waals surface area contributed by atoms with Crippen LogP contribution in [-0.2, 0) is 6.42 Å². The molecule has 2 nitrogen and oxygen atoms in total. The van der Waals surface area contributed by atoms with Gasteiger partial charge < -0.3 is 10.5 Å². The van der Waals surface area contributed by atoms with Crippen molar-refractivity contribution in [3.8, 4) is 5.75 Å². The number of nitrogens with two attached hydrogens (primary N) is 1. The lowest BCUT2D eigenvalue weighted by Crippen LogP contribution is -2.14. The minimum atomic E-state index is -0.304. The smallest absolute Gasteiger partial charge is 0.123 e. The molecule has 1 unspecified atom stereocenters. The molecule has 2 N–H and O–H groups in total. The maximum Gasteiger partial charge on any atom is 0.123 e. The Morgan fingerprint density at radius 3 is 2.53 bits per heavy atom. The molecule has 0 aromatic heterocycles. The minimum Gasteiger partial charge on any atom is -0.496 e. The van der Waals surface area contributed by atoms with Crippen molar-refractivity contribution in [1.29, 1.82) is 0 Å². The standard InChI is InChI=1S/C15H15BrFNO/c1-19-15-7-6-12(17)9-13(15)14(18)8-10-2-4-11(16)5-3-10/h2-7,9,14H,8,18H2,1H3. The van der Waals surface area contributed by atoms with Gasteiger partial charge >= 0.3 is 0 Å². The molecule has 0 aliphatic rings. The minimum absolute atomic E-state index is 0.299. The van der Waals surface area contributed by atoms with Crippen LogP contribution in [0.4, 0.5) is 4.39 Å². The Kier molecular flexibility index (Phi) is 4.56. The van der Waals surface area contributed by atoms with E-state index < -0.39 is 0 Å². The summed E-state index contributed by atoms with van der Waals surface area (Å²) < 4.78 is 19.6. The first kappa shape index (κ1) is 14.0. The second-order valence-corrected chi connectivity index (χ2v) is 5.24. The molecule has 0 heterocycles. The van der Waals surface area contributed by atoms with E-state index in [2.05, 4.69) is 15.9 Å². The van der Waals surface area contributed by atoms with Crippen LogP contribution in [0.15, 0.2) is 46.9 Å². The predicted molar refractivity (Wildman–Crippen MR) is 77.7 cm³/mol. The largest absolute Gasteiger partial charge is 0.496 e. The van der Waals surface area contributed by atoms with Gasteiger partial charge in [-0.1, -0.05) is 28.1 Å². The summed E-state index contributed by atoms with van der Waals surface area (Å²) in [5.41, 5.74) is 7.94. The third-order valence-electron chi connectivity index (χ3n) is 2.96. The Bertz CT molecular complexity index is 557. The number of methoxy groups -OCH3 is 1. The summed E-state index contributed by atoms with van der Waals surface area (Å²) >= 11 is 3.39. The zero-order chi connectivity index (χ0) is 13.8. The van der Waals surface area contributed by atoms with Crippen molar-refractivity contribution in [3.05, 3.63) is 63.9 Å². The Balaban J connectivity index is 2.21. The number of benzene rings is 2. The number of rotatable bonds is 4. The molecule has 0 fully saturated rings. The molecule has 19 heavy (non-hydrogen) atoms. The molecule has 4 heteroatoms. The second-order valence-electron chi connectivity index (χ2n) is 4.32. The predicted octanol–water partition coefficient (Wildman–Crippen LogP) is 3.84. The summed E-state index contributed by atoms with van der Waals surface area (Å²) in [5, 5.41) is 0. The van der Waals surface area contributed by atoms with Crippen LogP contribution in [0.1, 0.15) is 17.2 Å². The first-order valence-corrected chi connectivity index (χ1v) is 6.73. The molecule has 100 valence electrons. The van der Waals surface area contributed by atoms with Crippen molar-refractivity contribution in [2.75, 3.05) is 7.11 Å². The average molecular weight is 324 g/mol. The topological polar surface area (TPSA) is 35.2 Å². The summed E-state index contributed by atoms with van der Waals surface area (Å²) in [6.45, 7) is 0. The zero-order valence-electron chi connectivity index (χ0n) is 10.6. The van der Waals surface area contributed by atoms with Crippen LogP contribution in [0.5, 0.6) is 5.75 Å². The fourth-order valence-corrected chi connectivity index (χ4v) is 2.24. The van der Waals surface area contributed by atoms with Crippen LogP contribution in [-0.4, -0.2) is 7.11 Å². The van der Waals surface area contributed by atoms with Crippen LogP contribution in [0.3, 0.4) is 0 Å². The molecule has 2 aromatic carbocycles. The molecule has 0 bridgehead atoms. The van der Waals surface area contributed by atoms with Gasteiger partial charge in [0.05, 0.1) is 7.11 Å². The molecule has 1 atom stereocenters. The van der Waals surface area contributed by atoms with Crippen molar-refractivity contribution >= 4 is 15.9 Å². The molecule has 2 aromatic rings. The first-order chi connectivity index (χ1) is 9.10. The van der Waals surface area contributed by atoms with Crippen LogP contribution in [0.2, 0.25) is 0 Å². The lowest BCUT2D eigenvalue weighted by Gasteiger charge is -2.16. The van der Waals surface area contributed by atoms with Crippen LogP contribution >= 0.6 is 15.9 Å². The molecule has 2 rings (SSSR count). The number of ether oxygens (including phenoxy) is 1. The van der Waals surface area contributed by atoms with Crippen LogP contribution < -0.4 is 10.5 Å². The Morgan fingerprint density at radius 2 is 1.89 bits per heavy atom. The summed E-state index contributed by atoms with van der Waals surface area (Å²) in [6, 6.07) is 12.0. The molecule has 0 saturated carbocycles. The highest BCUT2D eigenvalue weighted by Gasteiger charge is 2.13. The van der Waals surface area contributed by atoms with Crippen LogP contribution in [0.25, 0.3) is 0 Å². The van der Waals surface area contributed by atoms with Gasteiger partial charge in [0.15, 0.2) is 0 Å². The summed E-state index contributed by atoms with van der Waals surface area (Å²) in [7, 11) is 1.56. The van der Waals surface area contributed by atoms with Gasteiger partial charge in [-0.2, -0.15) is 0 Å². The Labute approximate surface area is 120 Å². The quantitative estimate of drug-likeness (QED) is 0.927. The Morgan fingerprint density at radius 1 is 1.21 bits per heavy atom. The third-order valence-corrected chi connectivity index (χ3v) is 3.49. The molecule has 0 amide bonds. The van der Waals surface area contributed by atoms with E-state index in [-0.39, 0.29) is 11.9 Å². The van der Waals surface area contributed by atoms with Gasteiger partial charge in [0, 0.05) is 16.1 Å². The van der Waals surface area contributed by atoms with Gasteiger partial charge in [-0.25, -0.2) is 4.39 Å². The summed E-state index contributed by atoms with van der Waals surface area (Å²) in [4.78, 5) is 0. The van der Waals surface area contributed by atoms with E-state index in [0.29, 0.717) is 17.7 Å². The van der Waals surface area contributed by atoms with E-state index in [9.17, 15) is 4.39 Å². The lowest BCUT2D eigenvalue weighted by molar-refractivity contribution is 0.404. The van der Waals surface area contributed by atoms with E-state index in [0.717, 1.165) is 10.0 Å². The number of halogens is 2. The van der Waals surface area contributed by atoms with E-state index in [1.165, 1.54) is 12.1 Å². The SMILES string of the molecule is COc1ccc(F)cc1C(N)Cc1ccc(Br)cc1. The Hall–Kier alpha value is -1.39. The first-order valence-electron chi connectivity index (χ1n) is 5.93. The monoisotopic (exact) mass is 323 g/mol. The summed E-state index contributed by atoms with van der Waals surface area (Å²) in [6.07, 6.45) is 0.632. The molecular formula is C15H15BrFNO. The van der Waals surface area contributed by atoms with Gasteiger partial charge in [-0.05, 0) is 42.3 Å². The van der Waals surface area contributed by atoms with Crippen molar-refractivity contribution < 1.29 is 9.13 Å². The molecule has 0 aliphatic heterocycles. The van der Waals surface area contributed by atoms with Gasteiger partial charge in [0.1, 0.15) is 11.6 Å². The maximum absolute atomic E-state index is 13.3. The van der Waals surface area contributed by atoms with E-state index >= 15 is 0 Å². The molecular weight excluding hydrogens is 309 g/mol. The average Bonchev–Trinajstić information content (AvgIpc) is 2.41. The molecule has 0 spiro atoms. The highest BCUT2D eigenvalue weighted by atomic mass is 79.9. The van der Waals surface area contributed by atoms with E-state index in [1.54, 1.807) is 13.2 Å². The number of hydrogen-bond donors (Lipinski definition) is 1. The fourth-order valence-electron chi connectivity index (χ4n) is 1.98. The van der Waals surface area contributed by atoms with Gasteiger partial charge in [-0.3, -0.25) is 0 Å². The van der Waals surface area contributed by atoms with Gasteiger partial charge in [-0.15, -0.1) is 0 Å². The van der Waals surface area contributed by atoms with Crippen molar-refractivity contribution in [2.45, 2.75) is 12.5 Å². The highest BCUT2D eigenvalue weighted by Crippen LogP contribution is 2.27. The van der Waals surface area contributed by atoms with Gasteiger partial charge in [0.25, 0.3) is 0 Å². The summed E-state index contributed by atoms with van der Waals surface area (Å²) in [5.74, 6) is 0.313. The highest BCUT2D eigenvalue weighted by molar-refractivity contribution is 9.10. The normalized spacial score (nSPS) is 12.2. The third kappa shape index (κ3) is 3.55. The van der Waals surface area contributed by atoms with Crippen molar-refractivity contribution in [1.82, 2.24) is 0 Å². The van der Waals surface area contributed by atoms with Gasteiger partial charge in [0.2, 0.25) is 0 Å². The van der Waals surface area contributed by atoms with E-state index in [4.69, 9.17) is 10.5 Å². The molecule has 0 saturated heterocycles. The van der Waals surface area contributed by atoms with Crippen LogP contribution in [0, 0.1) is 5.82 Å². The number of hydrogen-bond acceptors (Lipinski definition) is 2. The molecule has 0 radical (unpaired) electrons. The lowest BCUT2D eigenvalue weighted by atomic mass is 9.99. The second kappa shape index (κ2) is 6.17. The van der Waals surface area contributed by atoms with Crippen molar-refractivity contribution in [2.24, 2.45) is 5.73 Å². The maximum atomic E-state index is 13.3. The van der Waals surface area contributed by atoms with E-state index in [1.807, 2.05) is 24.3 Å². The fraction of sp³-hybridized carbons (Fsp3) is 0.200.